The monoisotopic (exact) mass is 332 g/mol. The van der Waals surface area contributed by atoms with Crippen LogP contribution in [-0.4, -0.2) is 47.9 Å². The third-order valence-electron chi connectivity index (χ3n) is 3.24. The molecule has 0 aromatic carbocycles. The van der Waals surface area contributed by atoms with Crippen molar-refractivity contribution in [1.29, 1.82) is 0 Å². The van der Waals surface area contributed by atoms with Gasteiger partial charge in [0.1, 0.15) is 12.0 Å². The van der Waals surface area contributed by atoms with Crippen molar-refractivity contribution in [2.24, 2.45) is 0 Å². The standard InChI is InChI=1S/C13H13ClN8O/c1-20(12(23)4-6-21-9-16-18-19-21)11-8-22(17-13(11)14)10-3-2-5-15-7-10/h2-3,5,7-9H,4,6H2,1H3. The SMILES string of the molecule is CN(C(=O)CCn1cnnn1)c1cn(-c2cccnc2)nc1Cl. The maximum Gasteiger partial charge on any atom is 0.228 e. The van der Waals surface area contributed by atoms with Crippen LogP contribution in [-0.2, 0) is 11.3 Å². The first-order valence-corrected chi connectivity index (χ1v) is 7.16. The van der Waals surface area contributed by atoms with Crippen LogP contribution in [0.25, 0.3) is 5.69 Å². The summed E-state index contributed by atoms with van der Waals surface area (Å²) in [4.78, 5) is 17.8. The number of carbonyl (C=O) groups excluding carboxylic acids is 1. The van der Waals surface area contributed by atoms with E-state index in [9.17, 15) is 4.79 Å². The third kappa shape index (κ3) is 3.34. The van der Waals surface area contributed by atoms with Crippen LogP contribution >= 0.6 is 11.6 Å². The maximum atomic E-state index is 12.3. The van der Waals surface area contributed by atoms with E-state index in [4.69, 9.17) is 11.6 Å². The highest BCUT2D eigenvalue weighted by atomic mass is 35.5. The Morgan fingerprint density at radius 2 is 2.30 bits per heavy atom. The number of pyridine rings is 1. The van der Waals surface area contributed by atoms with E-state index < -0.39 is 0 Å². The number of tetrazole rings is 1. The van der Waals surface area contributed by atoms with Crippen molar-refractivity contribution < 1.29 is 4.79 Å². The summed E-state index contributed by atoms with van der Waals surface area (Å²) in [5.41, 5.74) is 1.28. The first-order chi connectivity index (χ1) is 11.1. The molecular formula is C13H13ClN8O. The average molecular weight is 333 g/mol. The van der Waals surface area contributed by atoms with Gasteiger partial charge in [-0.15, -0.1) is 5.10 Å². The third-order valence-corrected chi connectivity index (χ3v) is 3.51. The van der Waals surface area contributed by atoms with Crippen molar-refractivity contribution in [3.8, 4) is 5.69 Å². The largest absolute Gasteiger partial charge is 0.311 e. The molecule has 0 saturated carbocycles. The molecule has 118 valence electrons. The van der Waals surface area contributed by atoms with Gasteiger partial charge in [-0.3, -0.25) is 9.78 Å². The van der Waals surface area contributed by atoms with Gasteiger partial charge < -0.3 is 4.90 Å². The lowest BCUT2D eigenvalue weighted by molar-refractivity contribution is -0.118. The highest BCUT2D eigenvalue weighted by Gasteiger charge is 2.18. The fraction of sp³-hybridized carbons (Fsp3) is 0.231. The fourth-order valence-corrected chi connectivity index (χ4v) is 2.24. The van der Waals surface area contributed by atoms with Crippen LogP contribution < -0.4 is 4.90 Å². The van der Waals surface area contributed by atoms with Gasteiger partial charge in [0.05, 0.1) is 24.6 Å². The van der Waals surface area contributed by atoms with E-state index >= 15 is 0 Å². The van der Waals surface area contributed by atoms with Crippen molar-refractivity contribution in [2.75, 3.05) is 11.9 Å². The van der Waals surface area contributed by atoms with E-state index in [-0.39, 0.29) is 17.5 Å². The van der Waals surface area contributed by atoms with E-state index in [1.165, 1.54) is 15.9 Å². The first-order valence-electron chi connectivity index (χ1n) is 6.78. The normalized spacial score (nSPS) is 10.7. The molecule has 3 aromatic rings. The molecule has 3 rings (SSSR count). The Hall–Kier alpha value is -2.81. The van der Waals surface area contributed by atoms with Crippen LogP contribution in [0.2, 0.25) is 5.15 Å². The van der Waals surface area contributed by atoms with Crippen molar-refractivity contribution in [3.05, 3.63) is 42.2 Å². The molecule has 0 unspecified atom stereocenters. The van der Waals surface area contributed by atoms with E-state index in [1.807, 2.05) is 6.07 Å². The van der Waals surface area contributed by atoms with Gasteiger partial charge in [-0.2, -0.15) is 5.10 Å². The molecule has 0 spiro atoms. The zero-order valence-corrected chi connectivity index (χ0v) is 13.0. The Balaban J connectivity index is 1.73. The summed E-state index contributed by atoms with van der Waals surface area (Å²) in [6, 6.07) is 3.64. The maximum absolute atomic E-state index is 12.3. The van der Waals surface area contributed by atoms with Gasteiger partial charge in [0.2, 0.25) is 5.91 Å². The summed E-state index contributed by atoms with van der Waals surface area (Å²) in [5, 5.41) is 15.2. The van der Waals surface area contributed by atoms with Crippen LogP contribution in [0.15, 0.2) is 37.1 Å². The number of aromatic nitrogens is 7. The summed E-state index contributed by atoms with van der Waals surface area (Å²) in [6.45, 7) is 0.393. The molecule has 1 amide bonds. The minimum Gasteiger partial charge on any atom is -0.311 e. The Morgan fingerprint density at radius 1 is 1.43 bits per heavy atom. The van der Waals surface area contributed by atoms with Crippen molar-refractivity contribution >= 4 is 23.2 Å². The first kappa shape index (κ1) is 15.1. The molecule has 0 aliphatic heterocycles. The highest BCUT2D eigenvalue weighted by Crippen LogP contribution is 2.25. The molecular weight excluding hydrogens is 320 g/mol. The number of aryl methyl sites for hydroxylation is 1. The molecule has 0 aliphatic rings. The molecule has 0 atom stereocenters. The van der Waals surface area contributed by atoms with Crippen molar-refractivity contribution in [2.45, 2.75) is 13.0 Å². The molecule has 0 bridgehead atoms. The van der Waals surface area contributed by atoms with E-state index in [2.05, 4.69) is 25.6 Å². The van der Waals surface area contributed by atoms with Crippen LogP contribution in [0.4, 0.5) is 5.69 Å². The summed E-state index contributed by atoms with van der Waals surface area (Å²) in [5.74, 6) is -0.117. The molecule has 3 heterocycles. The second-order valence-corrected chi connectivity index (χ2v) is 5.09. The van der Waals surface area contributed by atoms with Gasteiger partial charge in [-0.25, -0.2) is 9.36 Å². The number of rotatable bonds is 5. The predicted molar refractivity (Wildman–Crippen MR) is 82.2 cm³/mol. The lowest BCUT2D eigenvalue weighted by atomic mass is 10.3. The lowest BCUT2D eigenvalue weighted by Crippen LogP contribution is -2.27. The summed E-state index contributed by atoms with van der Waals surface area (Å²) < 4.78 is 3.07. The van der Waals surface area contributed by atoms with Gasteiger partial charge in [-0.1, -0.05) is 11.6 Å². The molecule has 3 aromatic heterocycles. The second kappa shape index (κ2) is 6.53. The number of carbonyl (C=O) groups is 1. The Bertz CT molecular complexity index is 786. The fourth-order valence-electron chi connectivity index (χ4n) is 1.99. The van der Waals surface area contributed by atoms with E-state index in [1.54, 1.807) is 36.4 Å². The number of amides is 1. The number of halogens is 1. The number of hydrogen-bond donors (Lipinski definition) is 0. The van der Waals surface area contributed by atoms with Gasteiger partial charge >= 0.3 is 0 Å². The smallest absolute Gasteiger partial charge is 0.228 e. The van der Waals surface area contributed by atoms with E-state index in [0.29, 0.717) is 12.2 Å². The molecule has 23 heavy (non-hydrogen) atoms. The van der Waals surface area contributed by atoms with Gasteiger partial charge in [0.25, 0.3) is 0 Å². The molecule has 0 aliphatic carbocycles. The second-order valence-electron chi connectivity index (χ2n) is 4.74. The van der Waals surface area contributed by atoms with Crippen LogP contribution in [0, 0.1) is 0 Å². The van der Waals surface area contributed by atoms with Crippen molar-refractivity contribution in [1.82, 2.24) is 35.0 Å². The Kier molecular flexibility index (Phi) is 4.29. The minimum absolute atomic E-state index is 0.117. The predicted octanol–water partition coefficient (Wildman–Crippen LogP) is 0.960. The number of anilines is 1. The molecule has 10 heteroatoms. The lowest BCUT2D eigenvalue weighted by Gasteiger charge is -2.15. The number of hydrogen-bond acceptors (Lipinski definition) is 6. The van der Waals surface area contributed by atoms with E-state index in [0.717, 1.165) is 5.69 Å². The Morgan fingerprint density at radius 3 is 3.00 bits per heavy atom. The number of nitrogens with zero attached hydrogens (tertiary/aromatic N) is 8. The van der Waals surface area contributed by atoms with Gasteiger partial charge in [0.15, 0.2) is 5.15 Å². The molecule has 0 radical (unpaired) electrons. The zero-order valence-electron chi connectivity index (χ0n) is 12.2. The molecule has 0 fully saturated rings. The van der Waals surface area contributed by atoms with Crippen LogP contribution in [0.3, 0.4) is 0 Å². The summed E-state index contributed by atoms with van der Waals surface area (Å²) in [7, 11) is 1.65. The molecule has 0 saturated heterocycles. The topological polar surface area (TPSA) is 94.6 Å². The van der Waals surface area contributed by atoms with Crippen LogP contribution in [0.1, 0.15) is 6.42 Å². The molecule has 0 N–H and O–H groups in total. The molecule has 9 nitrogen and oxygen atoms in total. The van der Waals surface area contributed by atoms with Crippen molar-refractivity contribution in [3.63, 3.8) is 0 Å². The quantitative estimate of drug-likeness (QED) is 0.690. The van der Waals surface area contributed by atoms with Gasteiger partial charge in [0, 0.05) is 19.7 Å². The summed E-state index contributed by atoms with van der Waals surface area (Å²) in [6.07, 6.45) is 6.72. The zero-order chi connectivity index (χ0) is 16.2. The summed E-state index contributed by atoms with van der Waals surface area (Å²) >= 11 is 6.15. The minimum atomic E-state index is -0.117. The highest BCUT2D eigenvalue weighted by molar-refractivity contribution is 6.32. The van der Waals surface area contributed by atoms with Crippen LogP contribution in [0.5, 0.6) is 0 Å². The van der Waals surface area contributed by atoms with Gasteiger partial charge in [-0.05, 0) is 22.6 Å². The average Bonchev–Trinajstić information content (AvgIpc) is 3.22. The Labute approximate surface area is 136 Å².